The third-order valence-electron chi connectivity index (χ3n) is 4.55. The van der Waals surface area contributed by atoms with Crippen molar-refractivity contribution >= 4 is 66.6 Å². The fourth-order valence-electron chi connectivity index (χ4n) is 3.32. The maximum Gasteiger partial charge on any atom is 0.337 e. The molecule has 2 aromatic carbocycles. The lowest BCUT2D eigenvalue weighted by molar-refractivity contribution is 0.0601. The van der Waals surface area contributed by atoms with Crippen LogP contribution in [0.25, 0.3) is 31.1 Å². The number of nitrogens with zero attached hydrogens (tertiary/aromatic N) is 1. The van der Waals surface area contributed by atoms with E-state index in [4.69, 9.17) is 10.5 Å². The maximum atomic E-state index is 12.6. The molecule has 6 nitrogen and oxygen atoms in total. The Morgan fingerprint density at radius 1 is 1.14 bits per heavy atom. The average molecular weight is 430 g/mol. The van der Waals surface area contributed by atoms with Gasteiger partial charge >= 0.3 is 5.97 Å². The molecule has 4 aromatic rings. The molecule has 0 aliphatic carbocycles. The van der Waals surface area contributed by atoms with Gasteiger partial charge in [-0.2, -0.15) is 0 Å². The van der Waals surface area contributed by atoms with Gasteiger partial charge in [-0.15, -0.1) is 23.7 Å². The van der Waals surface area contributed by atoms with Crippen LogP contribution in [0.5, 0.6) is 0 Å². The van der Waals surface area contributed by atoms with Gasteiger partial charge in [0, 0.05) is 38.0 Å². The number of rotatable bonds is 3. The zero-order valence-electron chi connectivity index (χ0n) is 16.1. The number of hydrogen-bond acceptors (Lipinski definition) is 5. The summed E-state index contributed by atoms with van der Waals surface area (Å²) in [4.78, 5) is 31.8. The number of hydrogen-bond donors (Lipinski definition) is 2. The Kier molecular flexibility index (Phi) is 5.64. The van der Waals surface area contributed by atoms with Gasteiger partial charge in [0.2, 0.25) is 0 Å². The Hall–Kier alpha value is -2.90. The second-order valence-electron chi connectivity index (χ2n) is 6.83. The van der Waals surface area contributed by atoms with E-state index in [0.29, 0.717) is 16.1 Å². The van der Waals surface area contributed by atoms with Gasteiger partial charge in [0.25, 0.3) is 5.56 Å². The van der Waals surface area contributed by atoms with E-state index in [9.17, 15) is 9.59 Å². The van der Waals surface area contributed by atoms with Crippen LogP contribution in [0.2, 0.25) is 0 Å². The van der Waals surface area contributed by atoms with Crippen LogP contribution in [0.3, 0.4) is 0 Å². The fourth-order valence-corrected chi connectivity index (χ4v) is 4.47. The molecule has 0 unspecified atom stereocenters. The normalized spacial score (nSPS) is 11.9. The van der Waals surface area contributed by atoms with E-state index in [1.54, 1.807) is 12.1 Å². The van der Waals surface area contributed by atoms with Crippen molar-refractivity contribution in [3.05, 3.63) is 57.9 Å². The van der Waals surface area contributed by atoms with E-state index in [1.807, 2.05) is 38.1 Å². The van der Waals surface area contributed by atoms with Gasteiger partial charge in [-0.1, -0.05) is 6.07 Å². The summed E-state index contributed by atoms with van der Waals surface area (Å²) in [7, 11) is 1.35. The molecule has 3 N–H and O–H groups in total. The molecule has 0 fully saturated rings. The van der Waals surface area contributed by atoms with Crippen molar-refractivity contribution in [1.29, 1.82) is 0 Å². The van der Waals surface area contributed by atoms with Gasteiger partial charge in [-0.3, -0.25) is 9.79 Å². The van der Waals surface area contributed by atoms with E-state index in [2.05, 4.69) is 9.98 Å². The standard InChI is InChI=1S/C21H19N3O3S.ClH/c1-10(2)23-19(22)11-5-7-15-14(8-11)17-13-6-4-12(21(26)27-3)9-16(13)28-18(17)20(25)24-15;/h4-10H,1-3H3,(H2,22,23)(H,24,25);1H. The number of benzene rings is 2. The number of H-pyrrole nitrogens is 1. The number of carbonyl (C=O) groups excluding carboxylic acids is 1. The lowest BCUT2D eigenvalue weighted by atomic mass is 10.0. The third kappa shape index (κ3) is 3.59. The van der Waals surface area contributed by atoms with Crippen LogP contribution >= 0.6 is 23.7 Å². The van der Waals surface area contributed by atoms with Crippen LogP contribution in [0.1, 0.15) is 29.8 Å². The fraction of sp³-hybridized carbons (Fsp3) is 0.190. The molecule has 0 amide bonds. The first-order valence-corrected chi connectivity index (χ1v) is 9.65. The SMILES string of the molecule is COC(=O)c1ccc2c(c1)sc1c(=O)[nH]c3ccc(C(N)=NC(C)C)cc3c12.Cl. The second-order valence-corrected chi connectivity index (χ2v) is 7.88. The number of pyridine rings is 1. The highest BCUT2D eigenvalue weighted by molar-refractivity contribution is 7.26. The van der Waals surface area contributed by atoms with Crippen molar-refractivity contribution in [3.63, 3.8) is 0 Å². The minimum Gasteiger partial charge on any atom is -0.465 e. The molecule has 0 aliphatic rings. The molecule has 0 bridgehead atoms. The van der Waals surface area contributed by atoms with Crippen LogP contribution in [-0.2, 0) is 4.74 Å². The summed E-state index contributed by atoms with van der Waals surface area (Å²) in [5.41, 5.74) is 7.99. The first-order valence-electron chi connectivity index (χ1n) is 8.83. The van der Waals surface area contributed by atoms with Crippen LogP contribution in [0, 0.1) is 0 Å². The van der Waals surface area contributed by atoms with Gasteiger partial charge < -0.3 is 15.5 Å². The quantitative estimate of drug-likeness (QED) is 0.289. The minimum atomic E-state index is -0.405. The van der Waals surface area contributed by atoms with Crippen molar-refractivity contribution < 1.29 is 9.53 Å². The molecule has 0 saturated carbocycles. The molecule has 29 heavy (non-hydrogen) atoms. The van der Waals surface area contributed by atoms with E-state index in [1.165, 1.54) is 18.4 Å². The monoisotopic (exact) mass is 429 g/mol. The Morgan fingerprint density at radius 2 is 1.86 bits per heavy atom. The van der Waals surface area contributed by atoms with Crippen molar-refractivity contribution in [2.75, 3.05) is 7.11 Å². The summed E-state index contributed by atoms with van der Waals surface area (Å²) in [5, 5.41) is 2.67. The van der Waals surface area contributed by atoms with Crippen molar-refractivity contribution in [2.45, 2.75) is 19.9 Å². The van der Waals surface area contributed by atoms with Crippen molar-refractivity contribution in [1.82, 2.24) is 4.98 Å². The van der Waals surface area contributed by atoms with Gasteiger partial charge in [-0.25, -0.2) is 4.79 Å². The maximum absolute atomic E-state index is 12.6. The number of aliphatic imine (C=N–C) groups is 1. The van der Waals surface area contributed by atoms with E-state index >= 15 is 0 Å². The number of methoxy groups -OCH3 is 1. The topological polar surface area (TPSA) is 97.5 Å². The van der Waals surface area contributed by atoms with E-state index < -0.39 is 5.97 Å². The van der Waals surface area contributed by atoms with Crippen LogP contribution in [-0.4, -0.2) is 29.9 Å². The zero-order valence-corrected chi connectivity index (χ0v) is 17.7. The highest BCUT2D eigenvalue weighted by Gasteiger charge is 2.15. The number of nitrogens with two attached hydrogens (primary N) is 1. The molecule has 8 heteroatoms. The molecule has 0 radical (unpaired) electrons. The Labute approximate surface area is 176 Å². The number of aromatic nitrogens is 1. The molecule has 0 saturated heterocycles. The highest BCUT2D eigenvalue weighted by atomic mass is 35.5. The lowest BCUT2D eigenvalue weighted by Crippen LogP contribution is -2.16. The number of amidine groups is 1. The minimum absolute atomic E-state index is 0. The van der Waals surface area contributed by atoms with Crippen molar-refractivity contribution in [3.8, 4) is 0 Å². The number of fused-ring (bicyclic) bond motifs is 5. The summed E-state index contributed by atoms with van der Waals surface area (Å²) < 4.78 is 6.26. The number of thiophene rings is 1. The molecule has 0 spiro atoms. The Balaban J connectivity index is 0.00000240. The summed E-state index contributed by atoms with van der Waals surface area (Å²) in [6, 6.07) is 11.1. The van der Waals surface area contributed by atoms with Crippen molar-refractivity contribution in [2.24, 2.45) is 10.7 Å². The third-order valence-corrected chi connectivity index (χ3v) is 5.70. The largest absolute Gasteiger partial charge is 0.465 e. The zero-order chi connectivity index (χ0) is 20.0. The number of ether oxygens (including phenoxy) is 1. The lowest BCUT2D eigenvalue weighted by Gasteiger charge is -2.07. The van der Waals surface area contributed by atoms with E-state index in [0.717, 1.165) is 31.9 Å². The molecular weight excluding hydrogens is 410 g/mol. The summed E-state index contributed by atoms with van der Waals surface area (Å²) in [5.74, 6) is 0.0573. The van der Waals surface area contributed by atoms with Crippen LogP contribution in [0.4, 0.5) is 0 Å². The molecule has 2 aromatic heterocycles. The summed E-state index contributed by atoms with van der Waals surface area (Å²) in [6.07, 6.45) is 0. The second kappa shape index (κ2) is 7.85. The molecule has 4 rings (SSSR count). The predicted octanol–water partition coefficient (Wildman–Crippen LogP) is 4.22. The molecule has 2 heterocycles. The van der Waals surface area contributed by atoms with Gasteiger partial charge in [-0.05, 0) is 44.2 Å². The molecular formula is C21H20ClN3O3S. The molecule has 0 aliphatic heterocycles. The first-order chi connectivity index (χ1) is 13.4. The molecule has 150 valence electrons. The van der Waals surface area contributed by atoms with Gasteiger partial charge in [0.15, 0.2) is 0 Å². The Morgan fingerprint density at radius 3 is 2.55 bits per heavy atom. The number of esters is 1. The first kappa shape index (κ1) is 20.8. The van der Waals surface area contributed by atoms with E-state index in [-0.39, 0.29) is 24.0 Å². The summed E-state index contributed by atoms with van der Waals surface area (Å²) >= 11 is 1.36. The Bertz CT molecular complexity index is 1340. The number of halogens is 1. The van der Waals surface area contributed by atoms with Gasteiger partial charge in [0.1, 0.15) is 10.5 Å². The highest BCUT2D eigenvalue weighted by Crippen LogP contribution is 2.36. The number of aromatic amines is 1. The van der Waals surface area contributed by atoms with Crippen LogP contribution in [0.15, 0.2) is 46.2 Å². The number of carbonyl (C=O) groups is 1. The summed E-state index contributed by atoms with van der Waals surface area (Å²) in [6.45, 7) is 3.93. The average Bonchev–Trinajstić information content (AvgIpc) is 3.06. The number of nitrogens with one attached hydrogen (secondary N) is 1. The molecule has 0 atom stereocenters. The smallest absolute Gasteiger partial charge is 0.337 e. The predicted molar refractivity (Wildman–Crippen MR) is 122 cm³/mol. The van der Waals surface area contributed by atoms with Crippen LogP contribution < -0.4 is 11.3 Å². The van der Waals surface area contributed by atoms with Gasteiger partial charge in [0.05, 0.1) is 12.7 Å².